The van der Waals surface area contributed by atoms with Crippen LogP contribution in [-0.2, 0) is 0 Å². The number of hydrogen-bond donors (Lipinski definition) is 1. The van der Waals surface area contributed by atoms with Crippen molar-refractivity contribution in [2.45, 2.75) is 38.9 Å². The number of thiol groups is 1. The molecule has 14 heavy (non-hydrogen) atoms. The molecule has 0 amide bonds. The molecule has 0 fully saturated rings. The molecule has 0 aromatic rings. The minimum atomic E-state index is -0.00940. The van der Waals surface area contributed by atoms with Gasteiger partial charge < -0.3 is 0 Å². The first-order valence-corrected chi connectivity index (χ1v) is 5.59. The molecule has 0 aromatic carbocycles. The van der Waals surface area contributed by atoms with Gasteiger partial charge in [-0.2, -0.15) is 12.6 Å². The van der Waals surface area contributed by atoms with Crippen LogP contribution in [0.3, 0.4) is 0 Å². The molecule has 0 saturated carbocycles. The minimum absolute atomic E-state index is 0.00940. The summed E-state index contributed by atoms with van der Waals surface area (Å²) in [6, 6.07) is 0. The van der Waals surface area contributed by atoms with Crippen molar-refractivity contribution in [2.24, 2.45) is 5.92 Å². The van der Waals surface area contributed by atoms with E-state index in [9.17, 15) is 0 Å². The van der Waals surface area contributed by atoms with Gasteiger partial charge in [-0.15, -0.1) is 0 Å². The summed E-state index contributed by atoms with van der Waals surface area (Å²) >= 11 is 4.43. The van der Waals surface area contributed by atoms with Gasteiger partial charge in [0.2, 0.25) is 0 Å². The lowest BCUT2D eigenvalue weighted by molar-refractivity contribution is 0.857. The molecule has 1 aliphatic rings. The molecule has 78 valence electrons. The van der Waals surface area contributed by atoms with Gasteiger partial charge in [0, 0.05) is 10.7 Å². The molecule has 0 spiro atoms. The average molecular weight is 208 g/mol. The van der Waals surface area contributed by atoms with Gasteiger partial charge in [0.25, 0.3) is 0 Å². The predicted molar refractivity (Wildman–Crippen MR) is 67.8 cm³/mol. The van der Waals surface area contributed by atoms with Gasteiger partial charge in [-0.1, -0.05) is 35.5 Å². The largest absolute Gasteiger partial charge is 0.169 e. The Morgan fingerprint density at radius 2 is 2.14 bits per heavy atom. The van der Waals surface area contributed by atoms with Crippen LogP contribution < -0.4 is 0 Å². The summed E-state index contributed by atoms with van der Waals surface area (Å²) in [5, 5.41) is 0. The highest BCUT2D eigenvalue weighted by Crippen LogP contribution is 2.33. The van der Waals surface area contributed by atoms with Crippen LogP contribution >= 0.6 is 12.6 Å². The van der Waals surface area contributed by atoms with E-state index in [0.29, 0.717) is 0 Å². The summed E-state index contributed by atoms with van der Waals surface area (Å²) in [5.41, 5.74) is 2.98. The van der Waals surface area contributed by atoms with E-state index in [-0.39, 0.29) is 4.75 Å². The Hall–Kier alpha value is -0.430. The van der Waals surface area contributed by atoms with Gasteiger partial charge >= 0.3 is 0 Å². The van der Waals surface area contributed by atoms with Crippen molar-refractivity contribution < 1.29 is 0 Å². The fourth-order valence-corrected chi connectivity index (χ4v) is 1.44. The van der Waals surface area contributed by atoms with E-state index in [2.05, 4.69) is 64.6 Å². The number of rotatable bonds is 4. The summed E-state index contributed by atoms with van der Waals surface area (Å²) in [5.74, 6) is 0.753. The zero-order chi connectivity index (χ0) is 10.8. The molecule has 0 aromatic heterocycles. The van der Waals surface area contributed by atoms with Gasteiger partial charge in [0.05, 0.1) is 0 Å². The number of allylic oxidation sites excluding steroid dienone is 5. The third kappa shape index (κ3) is 4.71. The third-order valence-electron chi connectivity index (χ3n) is 2.37. The Bertz CT molecular complexity index is 287. The molecule has 0 radical (unpaired) electrons. The van der Waals surface area contributed by atoms with Crippen molar-refractivity contribution in [1.29, 1.82) is 0 Å². The molecule has 1 rings (SSSR count). The SMILES string of the molecule is CC1=CC1C/C(C)=C/C=C\C(C)(C)S. The van der Waals surface area contributed by atoms with Crippen LogP contribution in [0.4, 0.5) is 0 Å². The van der Waals surface area contributed by atoms with Crippen molar-refractivity contribution in [3.8, 4) is 0 Å². The summed E-state index contributed by atoms with van der Waals surface area (Å²) in [7, 11) is 0. The van der Waals surface area contributed by atoms with Crippen molar-refractivity contribution in [2.75, 3.05) is 0 Å². The van der Waals surface area contributed by atoms with E-state index in [1.807, 2.05) is 0 Å². The normalized spacial score (nSPS) is 22.8. The Kier molecular flexibility index (Phi) is 3.65. The fraction of sp³-hybridized carbons (Fsp3) is 0.538. The van der Waals surface area contributed by atoms with Crippen LogP contribution in [0.2, 0.25) is 0 Å². The molecule has 1 unspecified atom stereocenters. The summed E-state index contributed by atoms with van der Waals surface area (Å²) in [6.07, 6.45) is 9.93. The predicted octanol–water partition coefficient (Wildman–Crippen LogP) is 4.16. The first-order valence-electron chi connectivity index (χ1n) is 5.14. The maximum absolute atomic E-state index is 4.43. The van der Waals surface area contributed by atoms with Crippen molar-refractivity contribution >= 4 is 12.6 Å². The molecular formula is C13H20S. The van der Waals surface area contributed by atoms with E-state index >= 15 is 0 Å². The van der Waals surface area contributed by atoms with Crippen LogP contribution in [0.1, 0.15) is 34.1 Å². The van der Waals surface area contributed by atoms with Crippen LogP contribution in [-0.4, -0.2) is 4.75 Å². The zero-order valence-corrected chi connectivity index (χ0v) is 10.4. The van der Waals surface area contributed by atoms with E-state index < -0.39 is 0 Å². The molecule has 0 heterocycles. The van der Waals surface area contributed by atoms with Crippen LogP contribution in [0.15, 0.2) is 35.5 Å². The van der Waals surface area contributed by atoms with Gasteiger partial charge in [-0.3, -0.25) is 0 Å². The van der Waals surface area contributed by atoms with Crippen LogP contribution in [0, 0.1) is 5.92 Å². The lowest BCUT2D eigenvalue weighted by Crippen LogP contribution is -2.03. The third-order valence-corrected chi connectivity index (χ3v) is 2.52. The second kappa shape index (κ2) is 4.39. The number of hydrogen-bond acceptors (Lipinski definition) is 1. The second-order valence-corrected chi connectivity index (χ2v) is 5.90. The maximum Gasteiger partial charge on any atom is 0.0255 e. The Morgan fingerprint density at radius 3 is 2.57 bits per heavy atom. The lowest BCUT2D eigenvalue weighted by Gasteiger charge is -2.09. The van der Waals surface area contributed by atoms with E-state index in [0.717, 1.165) is 5.92 Å². The molecule has 0 saturated heterocycles. The lowest BCUT2D eigenvalue weighted by atomic mass is 10.1. The molecular weight excluding hydrogens is 188 g/mol. The van der Waals surface area contributed by atoms with Crippen LogP contribution in [0.5, 0.6) is 0 Å². The summed E-state index contributed by atoms with van der Waals surface area (Å²) in [4.78, 5) is 0. The first-order chi connectivity index (χ1) is 6.38. The van der Waals surface area contributed by atoms with Crippen molar-refractivity contribution in [3.05, 3.63) is 35.5 Å². The van der Waals surface area contributed by atoms with E-state index in [1.54, 1.807) is 0 Å². The Balaban J connectivity index is 2.33. The van der Waals surface area contributed by atoms with E-state index in [4.69, 9.17) is 0 Å². The monoisotopic (exact) mass is 208 g/mol. The quantitative estimate of drug-likeness (QED) is 0.400. The molecule has 0 aliphatic heterocycles. The zero-order valence-electron chi connectivity index (χ0n) is 9.54. The standard InChI is InChI=1S/C13H20S/c1-10(8-12-9-11(12)2)6-5-7-13(3,4)14/h5-7,9,12,14H,8H2,1-4H3/b7-5-,10-6+. The minimum Gasteiger partial charge on any atom is -0.169 e. The highest BCUT2D eigenvalue weighted by Gasteiger charge is 2.19. The second-order valence-electron chi connectivity index (χ2n) is 4.75. The Labute approximate surface area is 93.2 Å². The van der Waals surface area contributed by atoms with Gasteiger partial charge in [-0.05, 0) is 34.1 Å². The van der Waals surface area contributed by atoms with Gasteiger partial charge in [0.1, 0.15) is 0 Å². The average Bonchev–Trinajstić information content (AvgIpc) is 2.63. The molecule has 1 atom stereocenters. The smallest absolute Gasteiger partial charge is 0.0255 e. The highest BCUT2D eigenvalue weighted by molar-refractivity contribution is 7.82. The summed E-state index contributed by atoms with van der Waals surface area (Å²) in [6.45, 7) is 8.56. The van der Waals surface area contributed by atoms with Gasteiger partial charge in [-0.25, -0.2) is 0 Å². The fourth-order valence-electron chi connectivity index (χ4n) is 1.35. The van der Waals surface area contributed by atoms with Gasteiger partial charge in [0.15, 0.2) is 0 Å². The molecule has 0 bridgehead atoms. The van der Waals surface area contributed by atoms with Crippen LogP contribution in [0.25, 0.3) is 0 Å². The van der Waals surface area contributed by atoms with E-state index in [1.165, 1.54) is 17.6 Å². The molecule has 1 heteroatoms. The molecule has 0 N–H and O–H groups in total. The molecule has 1 aliphatic carbocycles. The first kappa shape index (κ1) is 11.6. The topological polar surface area (TPSA) is 0 Å². The Morgan fingerprint density at radius 1 is 1.57 bits per heavy atom. The van der Waals surface area contributed by atoms with Crippen molar-refractivity contribution in [3.63, 3.8) is 0 Å². The maximum atomic E-state index is 4.43. The highest BCUT2D eigenvalue weighted by atomic mass is 32.1. The molecule has 0 nitrogen and oxygen atoms in total. The van der Waals surface area contributed by atoms with Crippen molar-refractivity contribution in [1.82, 2.24) is 0 Å². The summed E-state index contributed by atoms with van der Waals surface area (Å²) < 4.78 is -0.00940.